The minimum atomic E-state index is -0.710. The molecule has 156 valence electrons. The van der Waals surface area contributed by atoms with Gasteiger partial charge >= 0.3 is 11.3 Å². The van der Waals surface area contributed by atoms with Gasteiger partial charge in [0, 0.05) is 5.69 Å². The molecule has 1 aromatic carbocycles. The summed E-state index contributed by atoms with van der Waals surface area (Å²) in [5.74, 6) is -0.507. The summed E-state index contributed by atoms with van der Waals surface area (Å²) in [5, 5.41) is 15.2. The first kappa shape index (κ1) is 20.1. The number of aryl methyl sites for hydroxylation is 3. The van der Waals surface area contributed by atoms with Gasteiger partial charge in [-0.05, 0) is 42.4 Å². The van der Waals surface area contributed by atoms with Crippen molar-refractivity contribution in [2.45, 2.75) is 13.8 Å². The Kier molecular flexibility index (Phi) is 4.71. The third-order valence-electron chi connectivity index (χ3n) is 4.74. The van der Waals surface area contributed by atoms with E-state index in [1.54, 1.807) is 7.05 Å². The number of amides is 1. The van der Waals surface area contributed by atoms with Crippen molar-refractivity contribution in [3.8, 4) is 17.3 Å². The van der Waals surface area contributed by atoms with E-state index in [0.29, 0.717) is 15.9 Å². The van der Waals surface area contributed by atoms with E-state index in [9.17, 15) is 14.9 Å². The first-order chi connectivity index (χ1) is 14.7. The highest BCUT2D eigenvalue weighted by Gasteiger charge is 2.32. The van der Waals surface area contributed by atoms with Gasteiger partial charge in [-0.1, -0.05) is 10.7 Å². The quantitative estimate of drug-likeness (QED) is 0.356. The third-order valence-corrected chi connectivity index (χ3v) is 5.84. The molecule has 1 amide bonds. The summed E-state index contributed by atoms with van der Waals surface area (Å²) in [5.41, 5.74) is 14.5. The summed E-state index contributed by atoms with van der Waals surface area (Å²) < 4.78 is 6.14. The number of nitrogen functional groups attached to an aromatic ring is 2. The van der Waals surface area contributed by atoms with Gasteiger partial charge in [0.05, 0.1) is 16.6 Å². The maximum atomic E-state index is 13.0. The van der Waals surface area contributed by atoms with E-state index in [4.69, 9.17) is 16.0 Å². The van der Waals surface area contributed by atoms with Crippen LogP contribution in [0.5, 0.6) is 0 Å². The molecule has 6 N–H and O–H groups in total. The van der Waals surface area contributed by atoms with E-state index in [0.717, 1.165) is 22.5 Å². The number of nitrogens with one attached hydrogen (secondary N) is 2. The molecule has 0 unspecified atom stereocenters. The van der Waals surface area contributed by atoms with Crippen LogP contribution >= 0.6 is 11.3 Å². The fraction of sp³-hybridized carbons (Fsp3) is 0.150. The number of aromatic amines is 1. The molecule has 0 aliphatic rings. The number of pyridine rings is 1. The van der Waals surface area contributed by atoms with Gasteiger partial charge in [-0.3, -0.25) is 9.32 Å². The number of benzene rings is 1. The Hall–Kier alpha value is -4.17. The number of nitriles is 1. The number of hydrogen-bond donors (Lipinski definition) is 4. The Morgan fingerprint density at radius 2 is 1.97 bits per heavy atom. The van der Waals surface area contributed by atoms with E-state index < -0.39 is 11.5 Å². The van der Waals surface area contributed by atoms with Crippen molar-refractivity contribution in [3.63, 3.8) is 0 Å². The summed E-state index contributed by atoms with van der Waals surface area (Å²) >= 11 is 1.03. The van der Waals surface area contributed by atoms with Crippen molar-refractivity contribution in [1.29, 1.82) is 5.26 Å². The Morgan fingerprint density at radius 1 is 1.29 bits per heavy atom. The van der Waals surface area contributed by atoms with Crippen LogP contribution in [0, 0.1) is 25.2 Å². The highest BCUT2D eigenvalue weighted by atomic mass is 32.1. The fourth-order valence-electron chi connectivity index (χ4n) is 3.53. The van der Waals surface area contributed by atoms with E-state index >= 15 is 0 Å². The molecule has 4 rings (SSSR count). The lowest BCUT2D eigenvalue weighted by Gasteiger charge is -2.07. The number of carbonyl (C=O) groups is 1. The predicted molar refractivity (Wildman–Crippen MR) is 117 cm³/mol. The number of hydrogen-bond acceptors (Lipinski definition) is 8. The summed E-state index contributed by atoms with van der Waals surface area (Å²) in [6, 6.07) is 7.65. The van der Waals surface area contributed by atoms with Crippen molar-refractivity contribution in [1.82, 2.24) is 10.3 Å². The van der Waals surface area contributed by atoms with Crippen LogP contribution in [0.1, 0.15) is 26.4 Å². The van der Waals surface area contributed by atoms with Crippen LogP contribution in [0.2, 0.25) is 0 Å². The van der Waals surface area contributed by atoms with Crippen molar-refractivity contribution >= 4 is 44.7 Å². The van der Waals surface area contributed by atoms with Gasteiger partial charge in [0.25, 0.3) is 5.91 Å². The Labute approximate surface area is 179 Å². The molecule has 0 saturated carbocycles. The second-order valence-electron chi connectivity index (χ2n) is 7.10. The van der Waals surface area contributed by atoms with E-state index in [2.05, 4.69) is 15.6 Å². The molecule has 10 nitrogen and oxygen atoms in total. The fourth-order valence-corrected chi connectivity index (χ4v) is 4.54. The zero-order chi connectivity index (χ0) is 22.4. The van der Waals surface area contributed by atoms with Crippen LogP contribution in [-0.4, -0.2) is 16.2 Å². The SMILES string of the molecule is Cc1cc(C)cc(NC(=O)c2sc3nc(N)c(C#N)c(-c4c(=O)o[nH][n+]4C)c3c2N)c1. The van der Waals surface area contributed by atoms with E-state index in [1.807, 2.05) is 38.1 Å². The minimum Gasteiger partial charge on any atom is -0.397 e. The van der Waals surface area contributed by atoms with Gasteiger partial charge < -0.3 is 16.8 Å². The topological polar surface area (TPSA) is 168 Å². The van der Waals surface area contributed by atoms with Gasteiger partial charge in [0.2, 0.25) is 0 Å². The zero-order valence-corrected chi connectivity index (χ0v) is 17.7. The molecule has 0 aliphatic heterocycles. The minimum absolute atomic E-state index is 0.0271. The van der Waals surface area contributed by atoms with Gasteiger partial charge in [0.15, 0.2) is 7.05 Å². The normalized spacial score (nSPS) is 10.9. The number of carbonyl (C=O) groups excluding carboxylic acids is 1. The molecular weight excluding hydrogens is 418 g/mol. The van der Waals surface area contributed by atoms with Gasteiger partial charge in [-0.2, -0.15) is 5.26 Å². The largest absolute Gasteiger partial charge is 0.435 e. The van der Waals surface area contributed by atoms with Crippen molar-refractivity contribution in [2.75, 3.05) is 16.8 Å². The number of nitrogens with two attached hydrogens (primary N) is 2. The van der Waals surface area contributed by atoms with Crippen LogP contribution < -0.4 is 27.1 Å². The molecule has 11 heteroatoms. The molecule has 0 fully saturated rings. The maximum absolute atomic E-state index is 13.0. The Morgan fingerprint density at radius 3 is 2.55 bits per heavy atom. The van der Waals surface area contributed by atoms with Crippen LogP contribution in [0.15, 0.2) is 27.5 Å². The second kappa shape index (κ2) is 7.26. The summed E-state index contributed by atoms with van der Waals surface area (Å²) in [4.78, 5) is 30.1. The first-order valence-corrected chi connectivity index (χ1v) is 9.92. The molecule has 3 aromatic heterocycles. The van der Waals surface area contributed by atoms with Gasteiger partial charge in [0.1, 0.15) is 27.2 Å². The average molecular weight is 436 g/mol. The van der Waals surface area contributed by atoms with Crippen LogP contribution in [0.25, 0.3) is 21.5 Å². The van der Waals surface area contributed by atoms with Crippen LogP contribution in [0.3, 0.4) is 0 Å². The monoisotopic (exact) mass is 436 g/mol. The highest BCUT2D eigenvalue weighted by Crippen LogP contribution is 2.41. The average Bonchev–Trinajstić information content (AvgIpc) is 3.19. The number of thiophene rings is 1. The molecule has 0 bridgehead atoms. The van der Waals surface area contributed by atoms with E-state index in [1.165, 1.54) is 4.68 Å². The molecule has 31 heavy (non-hydrogen) atoms. The Bertz CT molecular complexity index is 1450. The standard InChI is InChI=1S/C20H17N7O3S/c1-8-4-9(2)6-10(5-8)24-18(28)16-14(22)13-12(15-20(29)30-26-27(15)3)11(7-21)17(23)25-19(13)31-16/h4-6H,1-3H3,(H5-,22,23,24,25,26,28,29)/p+1. The molecule has 0 radical (unpaired) electrons. The van der Waals surface area contributed by atoms with Crippen molar-refractivity contribution in [2.24, 2.45) is 7.05 Å². The number of rotatable bonds is 3. The van der Waals surface area contributed by atoms with Gasteiger partial charge in [-0.15, -0.1) is 11.3 Å². The van der Waals surface area contributed by atoms with Crippen LogP contribution in [0.4, 0.5) is 17.2 Å². The second-order valence-corrected chi connectivity index (χ2v) is 8.10. The van der Waals surface area contributed by atoms with E-state index in [-0.39, 0.29) is 33.2 Å². The lowest BCUT2D eigenvalue weighted by Crippen LogP contribution is -2.34. The molecule has 4 aromatic rings. The highest BCUT2D eigenvalue weighted by molar-refractivity contribution is 7.21. The van der Waals surface area contributed by atoms with Crippen molar-refractivity contribution in [3.05, 3.63) is 50.2 Å². The van der Waals surface area contributed by atoms with Crippen molar-refractivity contribution < 1.29 is 14.0 Å². The predicted octanol–water partition coefficient (Wildman–Crippen LogP) is 1.97. The van der Waals surface area contributed by atoms with Gasteiger partial charge in [-0.25, -0.2) is 9.78 Å². The summed E-state index contributed by atoms with van der Waals surface area (Å²) in [6.45, 7) is 3.86. The lowest BCUT2D eigenvalue weighted by molar-refractivity contribution is -0.730. The zero-order valence-electron chi connectivity index (χ0n) is 16.9. The maximum Gasteiger partial charge on any atom is 0.435 e. The molecule has 3 heterocycles. The molecule has 0 spiro atoms. The molecular formula is C20H18N7O3S+. The molecule has 0 atom stereocenters. The Balaban J connectivity index is 1.93. The third kappa shape index (κ3) is 3.28. The lowest BCUT2D eigenvalue weighted by atomic mass is 10.0. The first-order valence-electron chi connectivity index (χ1n) is 9.10. The number of fused-ring (bicyclic) bond motifs is 1. The summed E-state index contributed by atoms with van der Waals surface area (Å²) in [6.07, 6.45) is 0. The number of anilines is 3. The molecule has 0 saturated heterocycles. The molecule has 0 aliphatic carbocycles. The summed E-state index contributed by atoms with van der Waals surface area (Å²) in [7, 11) is 1.54. The number of H-pyrrole nitrogens is 1. The number of aromatic nitrogens is 3. The number of nitrogens with zero attached hydrogens (tertiary/aromatic N) is 3. The smallest absolute Gasteiger partial charge is 0.397 e. The van der Waals surface area contributed by atoms with Crippen LogP contribution in [-0.2, 0) is 7.05 Å².